The predicted octanol–water partition coefficient (Wildman–Crippen LogP) is 3.24. The van der Waals surface area contributed by atoms with Gasteiger partial charge in [-0.2, -0.15) is 0 Å². The summed E-state index contributed by atoms with van der Waals surface area (Å²) in [7, 11) is -0.403. The summed E-state index contributed by atoms with van der Waals surface area (Å²) < 4.78 is 27.7. The van der Waals surface area contributed by atoms with Crippen LogP contribution < -0.4 is 0 Å². The number of benzene rings is 1. The molecule has 0 heterocycles. The van der Waals surface area contributed by atoms with Crippen molar-refractivity contribution in [3.8, 4) is 0 Å². The average molecular weight is 295 g/mol. The fourth-order valence-electron chi connectivity index (χ4n) is 1.09. The summed E-state index contributed by atoms with van der Waals surface area (Å²) in [4.78, 5) is 0. The Morgan fingerprint density at radius 1 is 1.60 bits per heavy atom. The minimum Gasteiger partial charge on any atom is -0.388 e. The Kier molecular flexibility index (Phi) is 5.32. The Bertz CT molecular complexity index is 348. The van der Waals surface area contributed by atoms with E-state index in [0.29, 0.717) is 16.5 Å². The van der Waals surface area contributed by atoms with Crippen LogP contribution in [0.3, 0.4) is 0 Å². The summed E-state index contributed by atoms with van der Waals surface area (Å²) in [5.74, 6) is -0.375. The van der Waals surface area contributed by atoms with Crippen molar-refractivity contribution >= 4 is 24.6 Å². The van der Waals surface area contributed by atoms with Gasteiger partial charge in [0.25, 0.3) is 0 Å². The van der Waals surface area contributed by atoms with Crippen LogP contribution >= 0.6 is 24.6 Å². The van der Waals surface area contributed by atoms with Crippen LogP contribution in [0.5, 0.6) is 0 Å². The first-order valence-corrected chi connectivity index (χ1v) is 5.75. The number of aliphatic hydroxyl groups excluding tert-OH is 1. The molecule has 1 N–H and O–H groups in total. The van der Waals surface area contributed by atoms with Crippen LogP contribution in [0.1, 0.15) is 18.1 Å². The highest BCUT2D eigenvalue weighted by molar-refractivity contribution is 9.10. The molecular formula is C9H9BrFO3P. The molecule has 1 rings (SSSR count). The van der Waals surface area contributed by atoms with Crippen molar-refractivity contribution in [2.24, 2.45) is 0 Å². The van der Waals surface area contributed by atoms with Gasteiger partial charge in [0.2, 0.25) is 0 Å². The standard InChI is InChI=1S/C9H9BrFO3P/c10-7-5-6(1-2-8(7)11)9(12)3-4-14-15-13/h1-2,5,9,12H,3-4H2/t9-/m0/s1. The molecule has 0 aliphatic heterocycles. The van der Waals surface area contributed by atoms with Crippen LogP contribution in [0, 0.1) is 5.82 Å². The zero-order valence-corrected chi connectivity index (χ0v) is 10.2. The highest BCUT2D eigenvalue weighted by Crippen LogP contribution is 2.23. The fraction of sp³-hybridized carbons (Fsp3) is 0.333. The van der Waals surface area contributed by atoms with Gasteiger partial charge in [0.1, 0.15) is 5.82 Å². The van der Waals surface area contributed by atoms with Gasteiger partial charge in [-0.1, -0.05) is 6.07 Å². The molecule has 6 heteroatoms. The second-order valence-corrected chi connectivity index (χ2v) is 4.15. The van der Waals surface area contributed by atoms with Gasteiger partial charge >= 0.3 is 8.69 Å². The molecule has 1 atom stereocenters. The maximum atomic E-state index is 12.9. The van der Waals surface area contributed by atoms with E-state index in [1.165, 1.54) is 18.2 Å². The summed E-state index contributed by atoms with van der Waals surface area (Å²) in [6.45, 7) is 0.182. The molecule has 0 spiro atoms. The Morgan fingerprint density at radius 2 is 2.33 bits per heavy atom. The van der Waals surface area contributed by atoms with E-state index in [2.05, 4.69) is 20.5 Å². The summed E-state index contributed by atoms with van der Waals surface area (Å²) in [5.41, 5.74) is 0.592. The van der Waals surface area contributed by atoms with Gasteiger partial charge in [-0.25, -0.2) is 8.96 Å². The summed E-state index contributed by atoms with van der Waals surface area (Å²) in [5, 5.41) is 9.63. The predicted molar refractivity (Wildman–Crippen MR) is 57.2 cm³/mol. The van der Waals surface area contributed by atoms with E-state index in [9.17, 15) is 14.1 Å². The van der Waals surface area contributed by atoms with Gasteiger partial charge in [0.15, 0.2) is 0 Å². The molecule has 0 bridgehead atoms. The van der Waals surface area contributed by atoms with Crippen LogP contribution in [-0.2, 0) is 9.09 Å². The summed E-state index contributed by atoms with van der Waals surface area (Å²) in [6, 6.07) is 4.28. The molecule has 0 radical (unpaired) electrons. The van der Waals surface area contributed by atoms with Crippen molar-refractivity contribution in [2.75, 3.05) is 6.61 Å². The lowest BCUT2D eigenvalue weighted by atomic mass is 10.1. The van der Waals surface area contributed by atoms with Crippen LogP contribution in [0.25, 0.3) is 0 Å². The Morgan fingerprint density at radius 3 is 2.93 bits per heavy atom. The second kappa shape index (κ2) is 6.28. The van der Waals surface area contributed by atoms with E-state index in [1.807, 2.05) is 0 Å². The van der Waals surface area contributed by atoms with E-state index in [1.54, 1.807) is 0 Å². The molecule has 3 nitrogen and oxygen atoms in total. The number of halogens is 2. The highest BCUT2D eigenvalue weighted by Gasteiger charge is 2.09. The van der Waals surface area contributed by atoms with Gasteiger partial charge in [-0.05, 0) is 33.6 Å². The number of hydrogen-bond donors (Lipinski definition) is 1. The molecule has 0 saturated carbocycles. The van der Waals surface area contributed by atoms with E-state index in [4.69, 9.17) is 0 Å². The smallest absolute Gasteiger partial charge is 0.327 e. The molecule has 1 aromatic carbocycles. The number of rotatable bonds is 5. The number of hydrogen-bond acceptors (Lipinski definition) is 3. The zero-order chi connectivity index (χ0) is 11.3. The minimum absolute atomic E-state index is 0.182. The molecule has 0 aliphatic carbocycles. The SMILES string of the molecule is O=POCC[C@H](O)c1ccc(F)c(Br)c1. The Hall–Kier alpha value is -0.350. The first-order chi connectivity index (χ1) is 7.15. The number of aliphatic hydroxyl groups is 1. The van der Waals surface area contributed by atoms with Crippen LogP contribution in [0.2, 0.25) is 0 Å². The van der Waals surface area contributed by atoms with Crippen molar-refractivity contribution in [3.63, 3.8) is 0 Å². The topological polar surface area (TPSA) is 46.5 Å². The molecule has 0 amide bonds. The van der Waals surface area contributed by atoms with Gasteiger partial charge in [0, 0.05) is 6.42 Å². The van der Waals surface area contributed by atoms with Crippen molar-refractivity contribution < 1.29 is 18.6 Å². The molecule has 0 fully saturated rings. The monoisotopic (exact) mass is 294 g/mol. The molecule has 0 aliphatic rings. The normalized spacial score (nSPS) is 13.0. The minimum atomic E-state index is -0.747. The molecule has 1 aromatic rings. The van der Waals surface area contributed by atoms with E-state index >= 15 is 0 Å². The van der Waals surface area contributed by atoms with Crippen molar-refractivity contribution in [2.45, 2.75) is 12.5 Å². The van der Waals surface area contributed by atoms with Gasteiger partial charge in [0.05, 0.1) is 17.2 Å². The summed E-state index contributed by atoms with van der Waals surface area (Å²) in [6.07, 6.45) is -0.434. The fourth-order valence-corrected chi connectivity index (χ4v) is 1.66. The Balaban J connectivity index is 2.61. The molecule has 0 unspecified atom stereocenters. The molecule has 0 saturated heterocycles. The molecule has 0 aromatic heterocycles. The first-order valence-electron chi connectivity index (χ1n) is 4.22. The van der Waals surface area contributed by atoms with Gasteiger partial charge in [-0.15, -0.1) is 0 Å². The average Bonchev–Trinajstić information content (AvgIpc) is 2.22. The van der Waals surface area contributed by atoms with Crippen molar-refractivity contribution in [1.29, 1.82) is 0 Å². The van der Waals surface area contributed by atoms with E-state index in [0.717, 1.165) is 0 Å². The summed E-state index contributed by atoms with van der Waals surface area (Å²) >= 11 is 3.03. The lowest BCUT2D eigenvalue weighted by Gasteiger charge is -2.10. The maximum absolute atomic E-state index is 12.9. The third kappa shape index (κ3) is 3.95. The largest absolute Gasteiger partial charge is 0.388 e. The third-order valence-electron chi connectivity index (χ3n) is 1.86. The maximum Gasteiger partial charge on any atom is 0.327 e. The molecule has 82 valence electrons. The molecular weight excluding hydrogens is 286 g/mol. The molecule has 15 heavy (non-hydrogen) atoms. The van der Waals surface area contributed by atoms with Gasteiger partial charge in [-0.3, -0.25) is 4.52 Å². The van der Waals surface area contributed by atoms with Crippen LogP contribution in [0.4, 0.5) is 4.39 Å². The van der Waals surface area contributed by atoms with E-state index in [-0.39, 0.29) is 12.4 Å². The Labute approximate surface area is 96.7 Å². The second-order valence-electron chi connectivity index (χ2n) is 2.89. The van der Waals surface area contributed by atoms with Crippen molar-refractivity contribution in [1.82, 2.24) is 0 Å². The van der Waals surface area contributed by atoms with E-state index < -0.39 is 14.8 Å². The van der Waals surface area contributed by atoms with Crippen LogP contribution in [-0.4, -0.2) is 11.7 Å². The van der Waals surface area contributed by atoms with Crippen LogP contribution in [0.15, 0.2) is 22.7 Å². The lowest BCUT2D eigenvalue weighted by molar-refractivity contribution is 0.144. The van der Waals surface area contributed by atoms with Crippen molar-refractivity contribution in [3.05, 3.63) is 34.1 Å². The van der Waals surface area contributed by atoms with Gasteiger partial charge < -0.3 is 5.11 Å². The zero-order valence-electron chi connectivity index (χ0n) is 7.69. The quantitative estimate of drug-likeness (QED) is 0.670. The first kappa shape index (κ1) is 12.7. The highest BCUT2D eigenvalue weighted by atomic mass is 79.9. The third-order valence-corrected chi connectivity index (χ3v) is 2.76. The lowest BCUT2D eigenvalue weighted by Crippen LogP contribution is -2.01.